The zero-order chi connectivity index (χ0) is 22.2. The summed E-state index contributed by atoms with van der Waals surface area (Å²) in [6, 6.07) is 18.4. The number of aliphatic hydroxyl groups excluding tert-OH is 1. The van der Waals surface area contributed by atoms with Crippen molar-refractivity contribution < 1.29 is 19.3 Å². The second-order valence-electron chi connectivity index (χ2n) is 7.76. The highest BCUT2D eigenvalue weighted by molar-refractivity contribution is 5.17. The normalized spacial score (nSPS) is 21.8. The van der Waals surface area contributed by atoms with Gasteiger partial charge in [-0.2, -0.15) is 0 Å². The van der Waals surface area contributed by atoms with E-state index >= 15 is 0 Å². The molecule has 32 heavy (non-hydrogen) atoms. The predicted octanol–water partition coefficient (Wildman–Crippen LogP) is 3.46. The molecule has 0 radical (unpaired) electrons. The number of H-pyrrole nitrogens is 1. The lowest BCUT2D eigenvalue weighted by molar-refractivity contribution is -0.341. The largest absolute Gasteiger partial charge is 0.396 e. The molecule has 2 aromatic heterocycles. The molecular formula is C25H28N2O5. The van der Waals surface area contributed by atoms with E-state index in [1.165, 1.54) is 12.1 Å². The summed E-state index contributed by atoms with van der Waals surface area (Å²) in [5, 5.41) is 9.71. The fourth-order valence-electron chi connectivity index (χ4n) is 3.97. The molecule has 0 aliphatic carbocycles. The fraction of sp³-hybridized carbons (Fsp3) is 0.360. The maximum Gasteiger partial charge on any atom is 0.240 e. The van der Waals surface area contributed by atoms with Crippen LogP contribution in [-0.4, -0.2) is 34.4 Å². The van der Waals surface area contributed by atoms with Gasteiger partial charge in [-0.05, 0) is 30.5 Å². The first-order valence-electron chi connectivity index (χ1n) is 10.9. The SMILES string of the molecule is O=c1cc[nH]c(C(CCO)OC2(c3ccccn3)OCCCC2OCc2ccccc2)c1. The topological polar surface area (TPSA) is 93.7 Å². The second-order valence-corrected chi connectivity index (χ2v) is 7.76. The number of pyridine rings is 2. The van der Waals surface area contributed by atoms with Crippen LogP contribution >= 0.6 is 0 Å². The van der Waals surface area contributed by atoms with Crippen molar-refractivity contribution in [2.24, 2.45) is 0 Å². The van der Waals surface area contributed by atoms with Gasteiger partial charge in [-0.15, -0.1) is 0 Å². The smallest absolute Gasteiger partial charge is 0.240 e. The minimum atomic E-state index is -1.28. The van der Waals surface area contributed by atoms with E-state index in [0.717, 1.165) is 18.4 Å². The van der Waals surface area contributed by atoms with Gasteiger partial charge >= 0.3 is 0 Å². The molecule has 3 atom stereocenters. The number of ether oxygens (including phenoxy) is 3. The minimum absolute atomic E-state index is 0.116. The van der Waals surface area contributed by atoms with E-state index in [4.69, 9.17) is 14.2 Å². The summed E-state index contributed by atoms with van der Waals surface area (Å²) in [7, 11) is 0. The van der Waals surface area contributed by atoms with Crippen molar-refractivity contribution in [3.05, 3.63) is 100 Å². The third-order valence-corrected chi connectivity index (χ3v) is 5.52. The average molecular weight is 437 g/mol. The highest BCUT2D eigenvalue weighted by atomic mass is 16.7. The number of benzene rings is 1. The number of aliphatic hydroxyl groups is 1. The van der Waals surface area contributed by atoms with Gasteiger partial charge in [-0.25, -0.2) is 0 Å². The molecule has 1 saturated heterocycles. The summed E-state index contributed by atoms with van der Waals surface area (Å²) >= 11 is 0. The molecule has 4 rings (SSSR count). The van der Waals surface area contributed by atoms with E-state index in [9.17, 15) is 9.90 Å². The molecule has 1 aromatic carbocycles. The molecule has 0 bridgehead atoms. The number of nitrogens with zero attached hydrogens (tertiary/aromatic N) is 1. The van der Waals surface area contributed by atoms with Crippen molar-refractivity contribution in [1.82, 2.24) is 9.97 Å². The van der Waals surface area contributed by atoms with Crippen LogP contribution in [0.4, 0.5) is 0 Å². The van der Waals surface area contributed by atoms with E-state index < -0.39 is 18.0 Å². The highest BCUT2D eigenvalue weighted by Gasteiger charge is 2.49. The van der Waals surface area contributed by atoms with Crippen LogP contribution < -0.4 is 5.43 Å². The van der Waals surface area contributed by atoms with Crippen molar-refractivity contribution in [2.45, 2.75) is 43.9 Å². The van der Waals surface area contributed by atoms with Crippen LogP contribution in [0.15, 0.2) is 77.9 Å². The van der Waals surface area contributed by atoms with Crippen LogP contribution in [-0.2, 0) is 26.6 Å². The summed E-state index contributed by atoms with van der Waals surface area (Å²) in [4.78, 5) is 19.6. The van der Waals surface area contributed by atoms with Crippen LogP contribution in [0.3, 0.4) is 0 Å². The Balaban J connectivity index is 1.69. The number of aromatic nitrogens is 2. The van der Waals surface area contributed by atoms with Gasteiger partial charge in [0.2, 0.25) is 5.79 Å². The molecule has 3 heterocycles. The van der Waals surface area contributed by atoms with Crippen LogP contribution in [0.1, 0.15) is 42.3 Å². The summed E-state index contributed by atoms with van der Waals surface area (Å²) < 4.78 is 19.3. The lowest BCUT2D eigenvalue weighted by Gasteiger charge is -2.44. The highest BCUT2D eigenvalue weighted by Crippen LogP contribution is 2.42. The summed E-state index contributed by atoms with van der Waals surface area (Å²) in [5.41, 5.74) is 2.07. The third-order valence-electron chi connectivity index (χ3n) is 5.52. The van der Waals surface area contributed by atoms with E-state index in [0.29, 0.717) is 24.6 Å². The van der Waals surface area contributed by atoms with Gasteiger partial charge in [0, 0.05) is 43.2 Å². The first kappa shape index (κ1) is 22.4. The van der Waals surface area contributed by atoms with Crippen LogP contribution in [0.2, 0.25) is 0 Å². The van der Waals surface area contributed by atoms with Crippen molar-refractivity contribution in [3.8, 4) is 0 Å². The average Bonchev–Trinajstić information content (AvgIpc) is 2.84. The molecular weight excluding hydrogens is 408 g/mol. The van der Waals surface area contributed by atoms with E-state index in [2.05, 4.69) is 9.97 Å². The molecule has 1 aliphatic rings. The zero-order valence-corrected chi connectivity index (χ0v) is 17.9. The summed E-state index contributed by atoms with van der Waals surface area (Å²) in [6.45, 7) is 0.772. The molecule has 0 amide bonds. The molecule has 1 aliphatic heterocycles. The second kappa shape index (κ2) is 10.7. The van der Waals surface area contributed by atoms with Gasteiger partial charge in [0.15, 0.2) is 5.43 Å². The van der Waals surface area contributed by atoms with E-state index in [1.807, 2.05) is 48.5 Å². The number of rotatable bonds is 9. The summed E-state index contributed by atoms with van der Waals surface area (Å²) in [5.74, 6) is -1.28. The monoisotopic (exact) mass is 436 g/mol. The number of aromatic amines is 1. The lowest BCUT2D eigenvalue weighted by atomic mass is 9.96. The molecule has 0 spiro atoms. The van der Waals surface area contributed by atoms with Crippen LogP contribution in [0.25, 0.3) is 0 Å². The Bertz CT molecular complexity index is 1030. The molecule has 168 valence electrons. The number of hydrogen-bond acceptors (Lipinski definition) is 6. The van der Waals surface area contributed by atoms with Crippen LogP contribution in [0, 0.1) is 0 Å². The van der Waals surface area contributed by atoms with Gasteiger partial charge in [0.25, 0.3) is 0 Å². The molecule has 7 nitrogen and oxygen atoms in total. The Kier molecular flexibility index (Phi) is 7.44. The molecule has 3 aromatic rings. The van der Waals surface area contributed by atoms with Gasteiger partial charge in [0.1, 0.15) is 17.9 Å². The molecule has 1 fully saturated rings. The first-order chi connectivity index (χ1) is 15.7. The summed E-state index contributed by atoms with van der Waals surface area (Å²) in [6.07, 6.45) is 4.05. The first-order valence-corrected chi connectivity index (χ1v) is 10.9. The Labute approximate surface area is 187 Å². The zero-order valence-electron chi connectivity index (χ0n) is 17.9. The molecule has 3 unspecified atom stereocenters. The van der Waals surface area contributed by atoms with Gasteiger partial charge in [-0.1, -0.05) is 36.4 Å². The Morgan fingerprint density at radius 2 is 2.03 bits per heavy atom. The molecule has 7 heteroatoms. The van der Waals surface area contributed by atoms with Crippen LogP contribution in [0.5, 0.6) is 0 Å². The van der Waals surface area contributed by atoms with Crippen molar-refractivity contribution in [3.63, 3.8) is 0 Å². The fourth-order valence-corrected chi connectivity index (χ4v) is 3.97. The Hall–Kier alpha value is -2.84. The van der Waals surface area contributed by atoms with Crippen molar-refractivity contribution in [1.29, 1.82) is 0 Å². The molecule has 0 saturated carbocycles. The predicted molar refractivity (Wildman–Crippen MR) is 119 cm³/mol. The maximum atomic E-state index is 12.0. The quantitative estimate of drug-likeness (QED) is 0.534. The lowest BCUT2D eigenvalue weighted by Crippen LogP contribution is -2.50. The van der Waals surface area contributed by atoms with Gasteiger partial charge in [-0.3, -0.25) is 9.78 Å². The third kappa shape index (κ3) is 5.14. The Morgan fingerprint density at radius 3 is 2.78 bits per heavy atom. The van der Waals surface area contributed by atoms with Crippen molar-refractivity contribution >= 4 is 0 Å². The van der Waals surface area contributed by atoms with Gasteiger partial charge < -0.3 is 24.3 Å². The van der Waals surface area contributed by atoms with E-state index in [-0.39, 0.29) is 18.5 Å². The van der Waals surface area contributed by atoms with E-state index in [1.54, 1.807) is 12.4 Å². The molecule has 2 N–H and O–H groups in total. The van der Waals surface area contributed by atoms with Gasteiger partial charge in [0.05, 0.1) is 13.2 Å². The minimum Gasteiger partial charge on any atom is -0.396 e. The standard InChI is InChI=1S/C25H28N2O5/c28-15-12-22(21-17-20(29)11-14-26-21)32-25(23-9-4-5-13-27-23)24(10-6-16-31-25)30-18-19-7-2-1-3-8-19/h1-5,7-9,11,13-14,17,22,24,28H,6,10,12,15-16,18H2,(H,26,29). The Morgan fingerprint density at radius 1 is 1.19 bits per heavy atom. The van der Waals surface area contributed by atoms with Crippen molar-refractivity contribution in [2.75, 3.05) is 13.2 Å². The number of hydrogen-bond donors (Lipinski definition) is 2. The number of nitrogens with one attached hydrogen (secondary N) is 1. The maximum absolute atomic E-state index is 12.0.